The summed E-state index contributed by atoms with van der Waals surface area (Å²) in [4.78, 5) is 0. The summed E-state index contributed by atoms with van der Waals surface area (Å²) in [5.74, 6) is 4.24. The van der Waals surface area contributed by atoms with Gasteiger partial charge in [-0.15, -0.1) is 0 Å². The van der Waals surface area contributed by atoms with Crippen LogP contribution < -0.4 is 5.32 Å². The molecule has 0 aromatic heterocycles. The first-order chi connectivity index (χ1) is 10.2. The van der Waals surface area contributed by atoms with E-state index in [1.54, 1.807) is 0 Å². The molecule has 1 spiro atoms. The molecule has 3 heteroatoms. The maximum Gasteiger partial charge on any atom is 0.0701 e. The minimum absolute atomic E-state index is 0.234. The minimum Gasteiger partial charge on any atom is -0.375 e. The van der Waals surface area contributed by atoms with Crippen molar-refractivity contribution in [3.63, 3.8) is 0 Å². The molecule has 2 atom stereocenters. The summed E-state index contributed by atoms with van der Waals surface area (Å²) in [5, 5.41) is 3.86. The number of hydrogen-bond donors (Lipinski definition) is 1. The van der Waals surface area contributed by atoms with Crippen LogP contribution in [0.25, 0.3) is 0 Å². The topological polar surface area (TPSA) is 21.3 Å². The Kier molecular flexibility index (Phi) is 7.37. The number of hydrogen-bond acceptors (Lipinski definition) is 3. The van der Waals surface area contributed by atoms with Gasteiger partial charge in [-0.1, -0.05) is 20.8 Å². The molecule has 2 rings (SSSR count). The highest BCUT2D eigenvalue weighted by atomic mass is 32.2. The van der Waals surface area contributed by atoms with Gasteiger partial charge in [-0.3, -0.25) is 0 Å². The van der Waals surface area contributed by atoms with Gasteiger partial charge in [-0.05, 0) is 74.8 Å². The van der Waals surface area contributed by atoms with Crippen LogP contribution in [0, 0.1) is 11.8 Å². The van der Waals surface area contributed by atoms with E-state index in [1.165, 1.54) is 63.0 Å². The van der Waals surface area contributed by atoms with Crippen molar-refractivity contribution in [3.8, 4) is 0 Å². The lowest BCUT2D eigenvalue weighted by molar-refractivity contribution is -0.107. The third kappa shape index (κ3) is 5.44. The molecule has 2 fully saturated rings. The maximum absolute atomic E-state index is 6.28. The molecule has 124 valence electrons. The van der Waals surface area contributed by atoms with Crippen LogP contribution in [0.1, 0.15) is 65.7 Å². The second-order valence-electron chi connectivity index (χ2n) is 7.43. The standard InChI is InChI=1S/C18H35NOS/c1-4-10-19-17(6-5-15(2)3)16-7-11-20-18(14-16)8-12-21-13-9-18/h15-17,19H,4-14H2,1-3H3. The number of ether oxygens (including phenoxy) is 1. The maximum atomic E-state index is 6.28. The summed E-state index contributed by atoms with van der Waals surface area (Å²) < 4.78 is 6.28. The van der Waals surface area contributed by atoms with Gasteiger partial charge in [-0.2, -0.15) is 11.8 Å². The highest BCUT2D eigenvalue weighted by Gasteiger charge is 2.40. The van der Waals surface area contributed by atoms with E-state index < -0.39 is 0 Å². The number of nitrogens with one attached hydrogen (secondary N) is 1. The van der Waals surface area contributed by atoms with Crippen LogP contribution in [0.5, 0.6) is 0 Å². The average Bonchev–Trinajstić information content (AvgIpc) is 2.48. The summed E-state index contributed by atoms with van der Waals surface area (Å²) in [6.45, 7) is 9.13. The van der Waals surface area contributed by atoms with Crippen LogP contribution >= 0.6 is 11.8 Å². The van der Waals surface area contributed by atoms with E-state index in [-0.39, 0.29) is 5.60 Å². The van der Waals surface area contributed by atoms with Gasteiger partial charge in [0.25, 0.3) is 0 Å². The summed E-state index contributed by atoms with van der Waals surface area (Å²) in [6, 6.07) is 0.711. The van der Waals surface area contributed by atoms with Crippen molar-refractivity contribution in [1.29, 1.82) is 0 Å². The highest BCUT2D eigenvalue weighted by Crippen LogP contribution is 2.41. The van der Waals surface area contributed by atoms with Crippen molar-refractivity contribution in [2.75, 3.05) is 24.7 Å². The van der Waals surface area contributed by atoms with E-state index in [1.807, 2.05) is 0 Å². The summed E-state index contributed by atoms with van der Waals surface area (Å²) in [7, 11) is 0. The minimum atomic E-state index is 0.234. The Hall–Kier alpha value is 0.270. The van der Waals surface area contributed by atoms with E-state index >= 15 is 0 Å². The van der Waals surface area contributed by atoms with Crippen LogP contribution in [-0.4, -0.2) is 36.3 Å². The van der Waals surface area contributed by atoms with Crippen molar-refractivity contribution in [3.05, 3.63) is 0 Å². The molecule has 2 aliphatic rings. The Balaban J connectivity index is 1.93. The van der Waals surface area contributed by atoms with Gasteiger partial charge in [0.15, 0.2) is 0 Å². The Labute approximate surface area is 136 Å². The van der Waals surface area contributed by atoms with Crippen LogP contribution in [0.3, 0.4) is 0 Å². The van der Waals surface area contributed by atoms with E-state index in [2.05, 4.69) is 37.8 Å². The molecular formula is C18H35NOS. The van der Waals surface area contributed by atoms with E-state index in [0.29, 0.717) is 6.04 Å². The van der Waals surface area contributed by atoms with Crippen molar-refractivity contribution < 1.29 is 4.74 Å². The smallest absolute Gasteiger partial charge is 0.0701 e. The monoisotopic (exact) mass is 313 g/mol. The van der Waals surface area contributed by atoms with Gasteiger partial charge < -0.3 is 10.1 Å². The number of rotatable bonds is 7. The zero-order chi connectivity index (χ0) is 15.1. The molecule has 2 saturated heterocycles. The lowest BCUT2D eigenvalue weighted by atomic mass is 9.77. The summed E-state index contributed by atoms with van der Waals surface area (Å²) in [6.07, 6.45) is 9.04. The lowest BCUT2D eigenvalue weighted by Gasteiger charge is -2.45. The molecule has 21 heavy (non-hydrogen) atoms. The number of thioether (sulfide) groups is 1. The molecule has 2 unspecified atom stereocenters. The molecule has 0 amide bonds. The highest BCUT2D eigenvalue weighted by molar-refractivity contribution is 7.99. The Morgan fingerprint density at radius 1 is 1.24 bits per heavy atom. The molecule has 0 saturated carbocycles. The van der Waals surface area contributed by atoms with Gasteiger partial charge in [0, 0.05) is 12.6 Å². The summed E-state index contributed by atoms with van der Waals surface area (Å²) >= 11 is 2.10. The molecule has 0 aliphatic carbocycles. The summed E-state index contributed by atoms with van der Waals surface area (Å²) in [5.41, 5.74) is 0.234. The molecular weight excluding hydrogens is 278 g/mol. The van der Waals surface area contributed by atoms with Crippen molar-refractivity contribution in [2.24, 2.45) is 11.8 Å². The second-order valence-corrected chi connectivity index (χ2v) is 8.65. The second kappa shape index (κ2) is 8.79. The van der Waals surface area contributed by atoms with Gasteiger partial charge in [0.05, 0.1) is 5.60 Å². The normalized spacial score (nSPS) is 27.1. The molecule has 2 nitrogen and oxygen atoms in total. The van der Waals surface area contributed by atoms with E-state index in [9.17, 15) is 0 Å². The zero-order valence-electron chi connectivity index (χ0n) is 14.3. The first-order valence-corrected chi connectivity index (χ1v) is 10.3. The third-order valence-corrected chi connectivity index (χ3v) is 6.20. The SMILES string of the molecule is CCCNC(CCC(C)C)C1CCOC2(CCSCC2)C1. The molecule has 0 bridgehead atoms. The van der Waals surface area contributed by atoms with Gasteiger partial charge in [-0.25, -0.2) is 0 Å². The van der Waals surface area contributed by atoms with Crippen molar-refractivity contribution >= 4 is 11.8 Å². The quantitative estimate of drug-likeness (QED) is 0.748. The van der Waals surface area contributed by atoms with Gasteiger partial charge in [0.2, 0.25) is 0 Å². The zero-order valence-corrected chi connectivity index (χ0v) is 15.1. The molecule has 0 aromatic rings. The molecule has 2 aliphatic heterocycles. The fraction of sp³-hybridized carbons (Fsp3) is 1.00. The largest absolute Gasteiger partial charge is 0.375 e. The Bertz CT molecular complexity index is 283. The van der Waals surface area contributed by atoms with Crippen LogP contribution in [0.15, 0.2) is 0 Å². The van der Waals surface area contributed by atoms with Crippen LogP contribution in [-0.2, 0) is 4.74 Å². The first kappa shape index (κ1) is 17.6. The average molecular weight is 314 g/mol. The van der Waals surface area contributed by atoms with Crippen LogP contribution in [0.4, 0.5) is 0 Å². The van der Waals surface area contributed by atoms with Crippen molar-refractivity contribution in [1.82, 2.24) is 5.32 Å². The first-order valence-electron chi connectivity index (χ1n) is 9.10. The predicted octanol–water partition coefficient (Wildman–Crippen LogP) is 4.48. The third-order valence-electron chi connectivity index (χ3n) is 5.22. The molecule has 2 heterocycles. The lowest BCUT2D eigenvalue weighted by Crippen LogP contribution is -2.48. The van der Waals surface area contributed by atoms with Crippen molar-refractivity contribution in [2.45, 2.75) is 77.4 Å². The predicted molar refractivity (Wildman–Crippen MR) is 94.1 cm³/mol. The molecule has 0 radical (unpaired) electrons. The fourth-order valence-corrected chi connectivity index (χ4v) is 5.08. The van der Waals surface area contributed by atoms with Crippen LogP contribution in [0.2, 0.25) is 0 Å². The Morgan fingerprint density at radius 2 is 2.00 bits per heavy atom. The van der Waals surface area contributed by atoms with Gasteiger partial charge in [0.1, 0.15) is 0 Å². The molecule has 0 aromatic carbocycles. The fourth-order valence-electron chi connectivity index (χ4n) is 3.85. The van der Waals surface area contributed by atoms with E-state index in [4.69, 9.17) is 4.74 Å². The molecule has 1 N–H and O–H groups in total. The Morgan fingerprint density at radius 3 is 2.67 bits per heavy atom. The van der Waals surface area contributed by atoms with E-state index in [0.717, 1.165) is 18.4 Å². The van der Waals surface area contributed by atoms with Gasteiger partial charge >= 0.3 is 0 Å².